The SMILES string of the molecule is CC[C@H]1COC(c2ccc3c(C(=O)CCc4cncc(F)c4)c(C(C)C)n(Cc4ccccc4)c3c2)=N1. The molecule has 0 bridgehead atoms. The molecule has 1 atom stereocenters. The quantitative estimate of drug-likeness (QED) is 0.241. The van der Waals surface area contributed by atoms with Crippen molar-refractivity contribution in [1.29, 1.82) is 0 Å². The number of ether oxygens (including phenoxy) is 1. The van der Waals surface area contributed by atoms with Gasteiger partial charge in [0.25, 0.3) is 0 Å². The molecule has 0 spiro atoms. The lowest BCUT2D eigenvalue weighted by atomic mass is 9.96. The molecule has 4 aromatic rings. The van der Waals surface area contributed by atoms with Crippen LogP contribution in [0.25, 0.3) is 10.9 Å². The average Bonchev–Trinajstić information content (AvgIpc) is 3.51. The first kappa shape index (κ1) is 24.9. The summed E-state index contributed by atoms with van der Waals surface area (Å²) >= 11 is 0. The molecule has 1 aliphatic heterocycles. The van der Waals surface area contributed by atoms with Gasteiger partial charge in [-0.25, -0.2) is 9.38 Å². The summed E-state index contributed by atoms with van der Waals surface area (Å²) in [6.07, 6.45) is 4.46. The summed E-state index contributed by atoms with van der Waals surface area (Å²) in [5.74, 6) is 0.456. The number of carbonyl (C=O) groups excluding carboxylic acids is 1. The summed E-state index contributed by atoms with van der Waals surface area (Å²) in [5, 5.41) is 0.927. The van der Waals surface area contributed by atoms with Gasteiger partial charge in [0.2, 0.25) is 5.90 Å². The van der Waals surface area contributed by atoms with Crippen molar-refractivity contribution in [3.05, 3.63) is 101 Å². The van der Waals surface area contributed by atoms with Gasteiger partial charge in [-0.05, 0) is 48.1 Å². The highest BCUT2D eigenvalue weighted by atomic mass is 19.1. The molecule has 2 aromatic carbocycles. The molecular weight excluding hydrogens is 465 g/mol. The zero-order valence-corrected chi connectivity index (χ0v) is 21.6. The van der Waals surface area contributed by atoms with Crippen LogP contribution in [0.3, 0.4) is 0 Å². The molecule has 3 heterocycles. The van der Waals surface area contributed by atoms with E-state index < -0.39 is 0 Å². The van der Waals surface area contributed by atoms with Crippen molar-refractivity contribution in [1.82, 2.24) is 9.55 Å². The number of nitrogens with zero attached hydrogens (tertiary/aromatic N) is 3. The third kappa shape index (κ3) is 5.19. The van der Waals surface area contributed by atoms with Crippen molar-refractivity contribution in [3.63, 3.8) is 0 Å². The van der Waals surface area contributed by atoms with E-state index in [4.69, 9.17) is 9.73 Å². The van der Waals surface area contributed by atoms with E-state index in [-0.39, 0.29) is 30.0 Å². The van der Waals surface area contributed by atoms with Gasteiger partial charge in [0.1, 0.15) is 12.4 Å². The zero-order chi connectivity index (χ0) is 25.9. The fourth-order valence-corrected chi connectivity index (χ4v) is 5.09. The van der Waals surface area contributed by atoms with E-state index in [1.165, 1.54) is 12.3 Å². The third-order valence-electron chi connectivity index (χ3n) is 6.95. The van der Waals surface area contributed by atoms with Gasteiger partial charge in [-0.3, -0.25) is 9.78 Å². The van der Waals surface area contributed by atoms with Gasteiger partial charge in [0, 0.05) is 41.4 Å². The fraction of sp³-hybridized carbons (Fsp3) is 0.323. The van der Waals surface area contributed by atoms with E-state index >= 15 is 0 Å². The number of aromatic nitrogens is 2. The molecule has 2 aromatic heterocycles. The van der Waals surface area contributed by atoms with Gasteiger partial charge in [0.05, 0.1) is 17.8 Å². The van der Waals surface area contributed by atoms with Crippen molar-refractivity contribution in [2.24, 2.45) is 4.99 Å². The summed E-state index contributed by atoms with van der Waals surface area (Å²) in [6.45, 7) is 7.62. The largest absolute Gasteiger partial charge is 0.475 e. The molecule has 190 valence electrons. The molecule has 0 N–H and O–H groups in total. The second-order valence-electron chi connectivity index (χ2n) is 9.96. The maximum atomic E-state index is 13.8. The van der Waals surface area contributed by atoms with Crippen molar-refractivity contribution in [2.45, 2.75) is 58.5 Å². The predicted molar refractivity (Wildman–Crippen MR) is 145 cm³/mol. The van der Waals surface area contributed by atoms with Gasteiger partial charge >= 0.3 is 0 Å². The molecule has 0 unspecified atom stereocenters. The van der Waals surface area contributed by atoms with Crippen LogP contribution in [0.1, 0.15) is 72.3 Å². The second kappa shape index (κ2) is 10.7. The van der Waals surface area contributed by atoms with Crippen LogP contribution in [0.4, 0.5) is 4.39 Å². The Hall–Kier alpha value is -3.80. The number of hydrogen-bond acceptors (Lipinski definition) is 4. The molecule has 6 heteroatoms. The lowest BCUT2D eigenvalue weighted by Crippen LogP contribution is -2.11. The van der Waals surface area contributed by atoms with E-state index in [1.54, 1.807) is 6.20 Å². The summed E-state index contributed by atoms with van der Waals surface area (Å²) in [7, 11) is 0. The molecule has 37 heavy (non-hydrogen) atoms. The number of ketones is 1. The van der Waals surface area contributed by atoms with Crippen molar-refractivity contribution < 1.29 is 13.9 Å². The van der Waals surface area contributed by atoms with Gasteiger partial charge in [0.15, 0.2) is 5.78 Å². The van der Waals surface area contributed by atoms with Crippen LogP contribution >= 0.6 is 0 Å². The summed E-state index contributed by atoms with van der Waals surface area (Å²) in [5.41, 5.74) is 5.56. The minimum absolute atomic E-state index is 0.0537. The van der Waals surface area contributed by atoms with Crippen LogP contribution in [-0.2, 0) is 17.7 Å². The maximum Gasteiger partial charge on any atom is 0.216 e. The van der Waals surface area contributed by atoms with Crippen molar-refractivity contribution in [2.75, 3.05) is 6.61 Å². The van der Waals surface area contributed by atoms with Gasteiger partial charge in [-0.15, -0.1) is 0 Å². The monoisotopic (exact) mass is 497 g/mol. The Labute approximate surface area is 217 Å². The Morgan fingerprint density at radius 1 is 1.11 bits per heavy atom. The highest BCUT2D eigenvalue weighted by Crippen LogP contribution is 2.34. The number of halogens is 1. The van der Waals surface area contributed by atoms with Crippen LogP contribution in [0, 0.1) is 5.82 Å². The van der Waals surface area contributed by atoms with Crippen molar-refractivity contribution in [3.8, 4) is 0 Å². The first-order valence-electron chi connectivity index (χ1n) is 13.0. The Morgan fingerprint density at radius 2 is 1.92 bits per heavy atom. The lowest BCUT2D eigenvalue weighted by Gasteiger charge is -2.15. The van der Waals surface area contributed by atoms with Crippen LogP contribution in [-0.4, -0.2) is 33.9 Å². The minimum Gasteiger partial charge on any atom is -0.475 e. The van der Waals surface area contributed by atoms with Gasteiger partial charge in [-0.1, -0.05) is 57.2 Å². The number of aliphatic imine (C=N–C) groups is 1. The molecule has 0 aliphatic carbocycles. The first-order chi connectivity index (χ1) is 17.9. The Morgan fingerprint density at radius 3 is 2.62 bits per heavy atom. The molecule has 0 amide bonds. The molecule has 5 rings (SSSR count). The molecule has 0 saturated heterocycles. The normalized spacial score (nSPS) is 15.3. The molecule has 0 saturated carbocycles. The molecule has 0 radical (unpaired) electrons. The smallest absolute Gasteiger partial charge is 0.216 e. The number of fused-ring (bicyclic) bond motifs is 1. The number of hydrogen-bond donors (Lipinski definition) is 0. The number of carbonyl (C=O) groups is 1. The summed E-state index contributed by atoms with van der Waals surface area (Å²) < 4.78 is 21.8. The Bertz CT molecular complexity index is 1460. The summed E-state index contributed by atoms with van der Waals surface area (Å²) in [4.78, 5) is 22.4. The standard InChI is InChI=1S/C31H32FN3O2/c1-4-25-19-37-31(34-25)23-11-12-26-27(15-23)35(18-21-8-6-5-7-9-21)30(20(2)3)29(26)28(36)13-10-22-14-24(32)17-33-16-22/h5-9,11-12,14-17,20,25H,4,10,13,18-19H2,1-3H3/t25-/m0/s1. The van der Waals surface area contributed by atoms with Crippen molar-refractivity contribution >= 4 is 22.6 Å². The third-order valence-corrected chi connectivity index (χ3v) is 6.95. The second-order valence-corrected chi connectivity index (χ2v) is 9.96. The van der Waals surface area contributed by atoms with E-state index in [2.05, 4.69) is 48.5 Å². The topological polar surface area (TPSA) is 56.5 Å². The number of pyridine rings is 1. The van der Waals surface area contributed by atoms with Gasteiger partial charge < -0.3 is 9.30 Å². The van der Waals surface area contributed by atoms with Crippen LogP contribution in [0.5, 0.6) is 0 Å². The van der Waals surface area contributed by atoms with E-state index in [0.717, 1.165) is 45.3 Å². The zero-order valence-electron chi connectivity index (χ0n) is 21.6. The van der Waals surface area contributed by atoms with E-state index in [0.29, 0.717) is 25.5 Å². The number of rotatable bonds is 9. The Balaban J connectivity index is 1.60. The highest BCUT2D eigenvalue weighted by Gasteiger charge is 2.26. The number of aryl methyl sites for hydroxylation is 1. The first-order valence-corrected chi connectivity index (χ1v) is 13.0. The molecule has 0 fully saturated rings. The fourth-order valence-electron chi connectivity index (χ4n) is 5.09. The number of benzene rings is 2. The maximum absolute atomic E-state index is 13.8. The molecular formula is C31H32FN3O2. The van der Waals surface area contributed by atoms with Crippen LogP contribution < -0.4 is 0 Å². The van der Waals surface area contributed by atoms with Crippen LogP contribution in [0.15, 0.2) is 72.0 Å². The van der Waals surface area contributed by atoms with E-state index in [9.17, 15) is 9.18 Å². The molecule has 5 nitrogen and oxygen atoms in total. The molecule has 1 aliphatic rings. The Kier molecular flexibility index (Phi) is 7.17. The number of Topliss-reactive ketones (excluding diaryl/α,β-unsaturated/α-hetero) is 1. The summed E-state index contributed by atoms with van der Waals surface area (Å²) in [6, 6.07) is 18.1. The van der Waals surface area contributed by atoms with Crippen LogP contribution in [0.2, 0.25) is 0 Å². The average molecular weight is 498 g/mol. The van der Waals surface area contributed by atoms with Gasteiger partial charge in [-0.2, -0.15) is 0 Å². The predicted octanol–water partition coefficient (Wildman–Crippen LogP) is 6.72. The minimum atomic E-state index is -0.387. The highest BCUT2D eigenvalue weighted by molar-refractivity contribution is 6.11. The lowest BCUT2D eigenvalue weighted by molar-refractivity contribution is 0.0982. The van der Waals surface area contributed by atoms with E-state index in [1.807, 2.05) is 30.3 Å².